The van der Waals surface area contributed by atoms with Crippen LogP contribution in [0.15, 0.2) is 24.5 Å². The van der Waals surface area contributed by atoms with E-state index in [-0.39, 0.29) is 18.2 Å². The number of carboxylic acids is 1. The van der Waals surface area contributed by atoms with E-state index in [4.69, 9.17) is 0 Å². The smallest absolute Gasteiger partial charge is 0.310 e. The van der Waals surface area contributed by atoms with Crippen molar-refractivity contribution in [2.24, 2.45) is 11.3 Å². The quantitative estimate of drug-likeness (QED) is 0.789. The van der Waals surface area contributed by atoms with Crippen LogP contribution in [0.1, 0.15) is 27.2 Å². The highest BCUT2D eigenvalue weighted by Gasteiger charge is 2.38. The molecule has 0 aliphatic carbocycles. The third-order valence-corrected chi connectivity index (χ3v) is 3.65. The number of aromatic nitrogens is 1. The number of nitrogens with zero attached hydrogens (tertiary/aromatic N) is 1. The molecule has 5 heteroatoms. The summed E-state index contributed by atoms with van der Waals surface area (Å²) >= 11 is 0. The van der Waals surface area contributed by atoms with Crippen molar-refractivity contribution in [2.45, 2.75) is 33.7 Å². The lowest BCUT2D eigenvalue weighted by Crippen LogP contribution is -2.39. The fraction of sp³-hybridized carbons (Fsp3) is 0.571. The molecule has 0 aliphatic rings. The van der Waals surface area contributed by atoms with E-state index < -0.39 is 11.4 Å². The molecule has 1 rings (SSSR count). The van der Waals surface area contributed by atoms with Crippen LogP contribution < -0.4 is 5.32 Å². The van der Waals surface area contributed by atoms with E-state index in [0.29, 0.717) is 13.1 Å². The molecular formula is C14H22N2O3. The molecular weight excluding hydrogens is 244 g/mol. The SMILES string of the molecule is CC(C)C(C)(CC(=O)NCCn1cccc1)C(=O)O. The maximum atomic E-state index is 11.8. The van der Waals surface area contributed by atoms with E-state index in [1.165, 1.54) is 0 Å². The van der Waals surface area contributed by atoms with Crippen LogP contribution in [0.3, 0.4) is 0 Å². The summed E-state index contributed by atoms with van der Waals surface area (Å²) in [5, 5.41) is 12.0. The van der Waals surface area contributed by atoms with Crippen molar-refractivity contribution < 1.29 is 14.7 Å². The van der Waals surface area contributed by atoms with E-state index in [1.54, 1.807) is 6.92 Å². The minimum atomic E-state index is -1.02. The van der Waals surface area contributed by atoms with Crippen molar-refractivity contribution in [3.05, 3.63) is 24.5 Å². The first kappa shape index (κ1) is 15.3. The van der Waals surface area contributed by atoms with Gasteiger partial charge in [-0.25, -0.2) is 0 Å². The van der Waals surface area contributed by atoms with Gasteiger partial charge in [0.05, 0.1) is 5.41 Å². The summed E-state index contributed by atoms with van der Waals surface area (Å²) in [7, 11) is 0. The number of nitrogens with one attached hydrogen (secondary N) is 1. The summed E-state index contributed by atoms with van der Waals surface area (Å²) in [4.78, 5) is 23.1. The zero-order valence-corrected chi connectivity index (χ0v) is 11.7. The Morgan fingerprint density at radius 2 is 1.89 bits per heavy atom. The van der Waals surface area contributed by atoms with Crippen molar-refractivity contribution in [3.8, 4) is 0 Å². The molecule has 1 aromatic rings. The molecule has 1 atom stereocenters. The predicted molar refractivity (Wildman–Crippen MR) is 72.6 cm³/mol. The molecule has 1 heterocycles. The molecule has 1 aromatic heterocycles. The third kappa shape index (κ3) is 4.12. The van der Waals surface area contributed by atoms with Gasteiger partial charge in [0, 0.05) is 31.9 Å². The summed E-state index contributed by atoms with van der Waals surface area (Å²) in [5.74, 6) is -1.24. The molecule has 0 saturated heterocycles. The third-order valence-electron chi connectivity index (χ3n) is 3.65. The van der Waals surface area contributed by atoms with Gasteiger partial charge in [0.25, 0.3) is 0 Å². The maximum absolute atomic E-state index is 11.8. The van der Waals surface area contributed by atoms with Gasteiger partial charge in [0.15, 0.2) is 0 Å². The number of hydrogen-bond donors (Lipinski definition) is 2. The van der Waals surface area contributed by atoms with Crippen LogP contribution in [-0.4, -0.2) is 28.1 Å². The molecule has 5 nitrogen and oxygen atoms in total. The van der Waals surface area contributed by atoms with Gasteiger partial charge in [-0.3, -0.25) is 9.59 Å². The van der Waals surface area contributed by atoms with Crippen LogP contribution in [-0.2, 0) is 16.1 Å². The van der Waals surface area contributed by atoms with Gasteiger partial charge >= 0.3 is 5.97 Å². The number of aliphatic carboxylic acids is 1. The predicted octanol–water partition coefficient (Wildman–Crippen LogP) is 1.74. The van der Waals surface area contributed by atoms with E-state index in [9.17, 15) is 14.7 Å². The lowest BCUT2D eigenvalue weighted by molar-refractivity contribution is -0.153. The number of hydrogen-bond acceptors (Lipinski definition) is 2. The number of carbonyl (C=O) groups is 2. The maximum Gasteiger partial charge on any atom is 0.310 e. The van der Waals surface area contributed by atoms with Gasteiger partial charge in [-0.15, -0.1) is 0 Å². The number of rotatable bonds is 7. The highest BCUT2D eigenvalue weighted by molar-refractivity contribution is 5.84. The van der Waals surface area contributed by atoms with Gasteiger partial charge in [-0.2, -0.15) is 0 Å². The molecule has 0 bridgehead atoms. The molecule has 0 radical (unpaired) electrons. The Bertz CT molecular complexity index is 426. The Kier molecular flexibility index (Phi) is 5.15. The Labute approximate surface area is 113 Å². The molecule has 0 spiro atoms. The highest BCUT2D eigenvalue weighted by Crippen LogP contribution is 2.31. The largest absolute Gasteiger partial charge is 0.481 e. The van der Waals surface area contributed by atoms with Gasteiger partial charge < -0.3 is 15.0 Å². The summed E-state index contributed by atoms with van der Waals surface area (Å²) in [5.41, 5.74) is -1.02. The minimum Gasteiger partial charge on any atom is -0.481 e. The number of carboxylic acid groups (broad SMARTS) is 1. The Hall–Kier alpha value is -1.78. The average molecular weight is 266 g/mol. The minimum absolute atomic E-state index is 0.00563. The second kappa shape index (κ2) is 6.41. The standard InChI is InChI=1S/C14H22N2O3/c1-11(2)14(3,13(18)19)10-12(17)15-6-9-16-7-4-5-8-16/h4-5,7-8,11H,6,9-10H2,1-3H3,(H,15,17)(H,18,19). The van der Waals surface area contributed by atoms with E-state index in [1.807, 2.05) is 42.9 Å². The fourth-order valence-electron chi connectivity index (χ4n) is 1.77. The number of carbonyl (C=O) groups excluding carboxylic acids is 1. The summed E-state index contributed by atoms with van der Waals surface area (Å²) < 4.78 is 1.96. The zero-order chi connectivity index (χ0) is 14.5. The monoisotopic (exact) mass is 266 g/mol. The van der Waals surface area contributed by atoms with Gasteiger partial charge in [0.2, 0.25) is 5.91 Å². The Morgan fingerprint density at radius 3 is 2.37 bits per heavy atom. The summed E-state index contributed by atoms with van der Waals surface area (Å²) in [6.07, 6.45) is 3.84. The summed E-state index contributed by atoms with van der Waals surface area (Å²) in [6, 6.07) is 3.84. The van der Waals surface area contributed by atoms with Gasteiger partial charge in [-0.05, 0) is 25.0 Å². The lowest BCUT2D eigenvalue weighted by Gasteiger charge is -2.28. The van der Waals surface area contributed by atoms with E-state index in [2.05, 4.69) is 5.32 Å². The normalized spacial score (nSPS) is 14.1. The highest BCUT2D eigenvalue weighted by atomic mass is 16.4. The van der Waals surface area contributed by atoms with Crippen molar-refractivity contribution in [3.63, 3.8) is 0 Å². The van der Waals surface area contributed by atoms with Crippen LogP contribution in [0, 0.1) is 11.3 Å². The molecule has 1 amide bonds. The zero-order valence-electron chi connectivity index (χ0n) is 11.7. The molecule has 0 aliphatic heterocycles. The first-order valence-corrected chi connectivity index (χ1v) is 6.47. The van der Waals surface area contributed by atoms with Crippen LogP contribution >= 0.6 is 0 Å². The average Bonchev–Trinajstić information content (AvgIpc) is 2.81. The van der Waals surface area contributed by atoms with E-state index in [0.717, 1.165) is 0 Å². The molecule has 0 fully saturated rings. The molecule has 19 heavy (non-hydrogen) atoms. The van der Waals surface area contributed by atoms with Crippen LogP contribution in [0.2, 0.25) is 0 Å². The van der Waals surface area contributed by atoms with Gasteiger partial charge in [-0.1, -0.05) is 13.8 Å². The van der Waals surface area contributed by atoms with Gasteiger partial charge in [0.1, 0.15) is 0 Å². The Balaban J connectivity index is 2.43. The van der Waals surface area contributed by atoms with E-state index >= 15 is 0 Å². The van der Waals surface area contributed by atoms with Crippen LogP contribution in [0.4, 0.5) is 0 Å². The first-order valence-electron chi connectivity index (χ1n) is 6.47. The number of amides is 1. The molecule has 0 saturated carbocycles. The summed E-state index contributed by atoms with van der Waals surface area (Å²) in [6.45, 7) is 6.44. The molecule has 1 unspecified atom stereocenters. The van der Waals surface area contributed by atoms with Crippen molar-refractivity contribution in [1.82, 2.24) is 9.88 Å². The fourth-order valence-corrected chi connectivity index (χ4v) is 1.77. The topological polar surface area (TPSA) is 71.3 Å². The second-order valence-corrected chi connectivity index (χ2v) is 5.32. The Morgan fingerprint density at radius 1 is 1.32 bits per heavy atom. The molecule has 0 aromatic carbocycles. The van der Waals surface area contributed by atoms with Crippen molar-refractivity contribution in [2.75, 3.05) is 6.54 Å². The second-order valence-electron chi connectivity index (χ2n) is 5.32. The first-order chi connectivity index (χ1) is 8.86. The lowest BCUT2D eigenvalue weighted by atomic mass is 9.76. The van der Waals surface area contributed by atoms with Crippen molar-refractivity contribution >= 4 is 11.9 Å². The molecule has 106 valence electrons. The molecule has 2 N–H and O–H groups in total. The van der Waals surface area contributed by atoms with Crippen LogP contribution in [0.5, 0.6) is 0 Å². The van der Waals surface area contributed by atoms with Crippen LogP contribution in [0.25, 0.3) is 0 Å². The van der Waals surface area contributed by atoms with Crippen molar-refractivity contribution in [1.29, 1.82) is 0 Å².